The Kier molecular flexibility index (Phi) is 7.19. The summed E-state index contributed by atoms with van der Waals surface area (Å²) in [5.74, 6) is 0. The summed E-state index contributed by atoms with van der Waals surface area (Å²) >= 11 is 0. The predicted molar refractivity (Wildman–Crippen MR) is 51.8 cm³/mol. The van der Waals surface area contributed by atoms with Crippen LogP contribution in [-0.4, -0.2) is 18.2 Å². The molecule has 0 aliphatic heterocycles. The largest absolute Gasteiger partial charge is 0.444 e. The lowest BCUT2D eigenvalue weighted by Crippen LogP contribution is -2.32. The van der Waals surface area contributed by atoms with Crippen LogP contribution in [0.15, 0.2) is 0 Å². The maximum atomic E-state index is 10.9. The lowest BCUT2D eigenvalue weighted by molar-refractivity contribution is 0.0528. The zero-order chi connectivity index (χ0) is 8.91. The second-order valence-corrected chi connectivity index (χ2v) is 3.43. The summed E-state index contributed by atoms with van der Waals surface area (Å²) in [5.41, 5.74) is -0.391. The second-order valence-electron chi connectivity index (χ2n) is 3.43. The molecule has 3 nitrogen and oxygen atoms in total. The van der Waals surface area contributed by atoms with E-state index in [4.69, 9.17) is 4.74 Å². The van der Waals surface area contributed by atoms with E-state index in [0.29, 0.717) is 6.54 Å². The summed E-state index contributed by atoms with van der Waals surface area (Å²) in [5, 5.41) is 2.63. The van der Waals surface area contributed by atoms with E-state index in [1.54, 1.807) is 0 Å². The molecule has 74 valence electrons. The molecule has 0 spiro atoms. The quantitative estimate of drug-likeness (QED) is 0.735. The number of carbonyl (C=O) groups excluding carboxylic acids is 1. The summed E-state index contributed by atoms with van der Waals surface area (Å²) in [7, 11) is 0. The van der Waals surface area contributed by atoms with Gasteiger partial charge in [0.25, 0.3) is 0 Å². The van der Waals surface area contributed by atoms with Gasteiger partial charge >= 0.3 is 6.09 Å². The van der Waals surface area contributed by atoms with Crippen molar-refractivity contribution in [1.29, 1.82) is 0 Å². The Labute approximate surface area is 80.3 Å². The molecule has 0 bridgehead atoms. The number of amides is 1. The fraction of sp³-hybridized carbons (Fsp3) is 0.875. The Balaban J connectivity index is 0. The molecule has 12 heavy (non-hydrogen) atoms. The molecule has 0 aromatic rings. The smallest absolute Gasteiger partial charge is 0.407 e. The highest BCUT2D eigenvalue weighted by Gasteiger charge is 2.14. The first-order valence-corrected chi connectivity index (χ1v) is 3.92. The van der Waals surface area contributed by atoms with Crippen LogP contribution in [0, 0.1) is 0 Å². The van der Waals surface area contributed by atoms with Crippen molar-refractivity contribution in [3.05, 3.63) is 0 Å². The van der Waals surface area contributed by atoms with E-state index in [1.807, 2.05) is 27.7 Å². The minimum absolute atomic E-state index is 0. The minimum Gasteiger partial charge on any atom is -0.444 e. The lowest BCUT2D eigenvalue weighted by atomic mass is 10.2. The van der Waals surface area contributed by atoms with Crippen LogP contribution in [0.25, 0.3) is 0 Å². The number of nitrogens with one attached hydrogen (secondary N) is 1. The molecule has 0 radical (unpaired) electrons. The summed E-state index contributed by atoms with van der Waals surface area (Å²) in [6.07, 6.45) is 0.596. The number of carbonyl (C=O) groups is 1. The SMILES string of the molecule is CCCNC(=O)OC(C)(C)C.Cl. The van der Waals surface area contributed by atoms with Crippen LogP contribution in [0.1, 0.15) is 34.1 Å². The average molecular weight is 196 g/mol. The van der Waals surface area contributed by atoms with E-state index in [9.17, 15) is 4.79 Å². The van der Waals surface area contributed by atoms with E-state index in [-0.39, 0.29) is 18.5 Å². The number of alkyl carbamates (subject to hydrolysis) is 1. The number of hydrogen-bond acceptors (Lipinski definition) is 2. The van der Waals surface area contributed by atoms with E-state index < -0.39 is 5.60 Å². The van der Waals surface area contributed by atoms with Gasteiger partial charge in [0.15, 0.2) is 0 Å². The predicted octanol–water partition coefficient (Wildman–Crippen LogP) is 2.34. The van der Waals surface area contributed by atoms with Crippen LogP contribution in [-0.2, 0) is 4.74 Å². The van der Waals surface area contributed by atoms with Gasteiger partial charge in [-0.3, -0.25) is 0 Å². The number of halogens is 1. The second kappa shape index (κ2) is 6.12. The normalized spacial score (nSPS) is 10.0. The fourth-order valence-electron chi connectivity index (χ4n) is 0.541. The molecule has 0 saturated carbocycles. The monoisotopic (exact) mass is 195 g/mol. The van der Waals surface area contributed by atoms with Crippen LogP contribution in [0.3, 0.4) is 0 Å². The lowest BCUT2D eigenvalue weighted by Gasteiger charge is -2.19. The molecular weight excluding hydrogens is 178 g/mol. The van der Waals surface area contributed by atoms with Gasteiger partial charge in [0.1, 0.15) is 5.60 Å². The van der Waals surface area contributed by atoms with E-state index in [0.717, 1.165) is 6.42 Å². The molecule has 0 heterocycles. The summed E-state index contributed by atoms with van der Waals surface area (Å²) in [6.45, 7) is 8.21. The third-order valence-corrected chi connectivity index (χ3v) is 0.918. The molecule has 0 atom stereocenters. The van der Waals surface area contributed by atoms with Gasteiger partial charge in [0.05, 0.1) is 0 Å². The highest BCUT2D eigenvalue weighted by molar-refractivity contribution is 5.85. The summed E-state index contributed by atoms with van der Waals surface area (Å²) < 4.78 is 4.99. The van der Waals surface area contributed by atoms with E-state index in [1.165, 1.54) is 0 Å². The first kappa shape index (κ1) is 14.1. The van der Waals surface area contributed by atoms with Crippen LogP contribution >= 0.6 is 12.4 Å². The van der Waals surface area contributed by atoms with Crippen molar-refractivity contribution in [3.8, 4) is 0 Å². The van der Waals surface area contributed by atoms with Gasteiger partial charge in [-0.1, -0.05) is 6.92 Å². The Morgan fingerprint density at radius 2 is 1.92 bits per heavy atom. The fourth-order valence-corrected chi connectivity index (χ4v) is 0.541. The first-order valence-electron chi connectivity index (χ1n) is 3.92. The van der Waals surface area contributed by atoms with Crippen molar-refractivity contribution in [1.82, 2.24) is 5.32 Å². The Morgan fingerprint density at radius 1 is 1.42 bits per heavy atom. The van der Waals surface area contributed by atoms with Crippen molar-refractivity contribution in [2.75, 3.05) is 6.54 Å². The molecule has 1 amide bonds. The van der Waals surface area contributed by atoms with Crippen LogP contribution in [0.4, 0.5) is 4.79 Å². The third-order valence-electron chi connectivity index (χ3n) is 0.918. The van der Waals surface area contributed by atoms with Crippen molar-refractivity contribution in [2.45, 2.75) is 39.7 Å². The van der Waals surface area contributed by atoms with Gasteiger partial charge in [0, 0.05) is 6.54 Å². The Morgan fingerprint density at radius 3 is 2.25 bits per heavy atom. The molecule has 0 aromatic carbocycles. The Hall–Kier alpha value is -0.440. The van der Waals surface area contributed by atoms with Gasteiger partial charge in [-0.05, 0) is 27.2 Å². The zero-order valence-corrected chi connectivity index (χ0v) is 8.96. The minimum atomic E-state index is -0.391. The van der Waals surface area contributed by atoms with Gasteiger partial charge < -0.3 is 10.1 Å². The molecule has 0 saturated heterocycles. The zero-order valence-electron chi connectivity index (χ0n) is 8.14. The summed E-state index contributed by atoms with van der Waals surface area (Å²) in [4.78, 5) is 10.9. The molecule has 0 fully saturated rings. The molecule has 0 unspecified atom stereocenters. The molecule has 0 aliphatic carbocycles. The van der Waals surface area contributed by atoms with E-state index >= 15 is 0 Å². The molecule has 0 aromatic heterocycles. The molecular formula is C8H18ClNO2. The van der Waals surface area contributed by atoms with Gasteiger partial charge in [-0.25, -0.2) is 4.79 Å². The Bertz CT molecular complexity index is 132. The van der Waals surface area contributed by atoms with Crippen molar-refractivity contribution in [2.24, 2.45) is 0 Å². The molecule has 0 rings (SSSR count). The molecule has 0 aliphatic rings. The number of ether oxygens (including phenoxy) is 1. The third kappa shape index (κ3) is 9.56. The van der Waals surface area contributed by atoms with Crippen molar-refractivity contribution >= 4 is 18.5 Å². The van der Waals surface area contributed by atoms with Gasteiger partial charge in [-0.15, -0.1) is 12.4 Å². The average Bonchev–Trinajstić information content (AvgIpc) is 1.79. The number of hydrogen-bond donors (Lipinski definition) is 1. The highest BCUT2D eigenvalue weighted by Crippen LogP contribution is 2.05. The van der Waals surface area contributed by atoms with Crippen LogP contribution in [0.2, 0.25) is 0 Å². The first-order chi connectivity index (χ1) is 4.95. The van der Waals surface area contributed by atoms with Crippen molar-refractivity contribution < 1.29 is 9.53 Å². The topological polar surface area (TPSA) is 38.3 Å². The highest BCUT2D eigenvalue weighted by atomic mass is 35.5. The number of rotatable bonds is 2. The maximum absolute atomic E-state index is 10.9. The molecule has 1 N–H and O–H groups in total. The van der Waals surface area contributed by atoms with Crippen LogP contribution in [0.5, 0.6) is 0 Å². The van der Waals surface area contributed by atoms with E-state index in [2.05, 4.69) is 5.32 Å². The maximum Gasteiger partial charge on any atom is 0.407 e. The standard InChI is InChI=1S/C8H17NO2.ClH/c1-5-6-9-7(10)11-8(2,3)4;/h5-6H2,1-4H3,(H,9,10);1H. The van der Waals surface area contributed by atoms with Crippen LogP contribution < -0.4 is 5.32 Å². The van der Waals surface area contributed by atoms with Gasteiger partial charge in [-0.2, -0.15) is 0 Å². The molecule has 4 heteroatoms. The summed E-state index contributed by atoms with van der Waals surface area (Å²) in [6, 6.07) is 0. The van der Waals surface area contributed by atoms with Gasteiger partial charge in [0.2, 0.25) is 0 Å². The van der Waals surface area contributed by atoms with Crippen molar-refractivity contribution in [3.63, 3.8) is 0 Å².